The lowest BCUT2D eigenvalue weighted by Gasteiger charge is -2.26. The molecule has 33 heavy (non-hydrogen) atoms. The maximum atomic E-state index is 14.5. The Hall–Kier alpha value is -3.40. The van der Waals surface area contributed by atoms with Crippen molar-refractivity contribution in [3.05, 3.63) is 60.1 Å². The number of benzene rings is 1. The van der Waals surface area contributed by atoms with Gasteiger partial charge in [0.1, 0.15) is 23.1 Å². The summed E-state index contributed by atoms with van der Waals surface area (Å²) in [6.07, 6.45) is 9.21. The van der Waals surface area contributed by atoms with Crippen molar-refractivity contribution in [3.63, 3.8) is 0 Å². The number of nitrogens with zero attached hydrogens (tertiary/aromatic N) is 7. The van der Waals surface area contributed by atoms with Gasteiger partial charge in [0.15, 0.2) is 5.65 Å². The van der Waals surface area contributed by atoms with Crippen molar-refractivity contribution in [2.45, 2.75) is 37.8 Å². The first-order valence-corrected chi connectivity index (χ1v) is 11.4. The van der Waals surface area contributed by atoms with Gasteiger partial charge in [-0.05, 0) is 63.0 Å². The average Bonchev–Trinajstić information content (AvgIpc) is 3.60. The van der Waals surface area contributed by atoms with Crippen LogP contribution in [0.15, 0.2) is 42.9 Å². The second-order valence-electron chi connectivity index (χ2n) is 8.69. The number of fused-ring (bicyclic) bond motifs is 1. The first-order chi connectivity index (χ1) is 16.2. The van der Waals surface area contributed by atoms with E-state index in [-0.39, 0.29) is 6.04 Å². The van der Waals surface area contributed by atoms with E-state index in [2.05, 4.69) is 20.7 Å². The number of piperidine rings is 1. The van der Waals surface area contributed by atoms with Gasteiger partial charge in [-0.3, -0.25) is 0 Å². The van der Waals surface area contributed by atoms with Gasteiger partial charge in [-0.25, -0.2) is 23.0 Å². The quantitative estimate of drug-likeness (QED) is 0.513. The molecule has 2 saturated heterocycles. The highest BCUT2D eigenvalue weighted by Gasteiger charge is 2.30. The van der Waals surface area contributed by atoms with Crippen molar-refractivity contribution < 1.29 is 8.78 Å². The maximum absolute atomic E-state index is 14.5. The summed E-state index contributed by atoms with van der Waals surface area (Å²) in [5.41, 5.74) is 2.55. The predicted octanol–water partition coefficient (Wildman–Crippen LogP) is 3.53. The maximum Gasteiger partial charge on any atom is 0.166 e. The first-order valence-electron chi connectivity index (χ1n) is 11.4. The van der Waals surface area contributed by atoms with Gasteiger partial charge in [0.25, 0.3) is 0 Å². The van der Waals surface area contributed by atoms with Crippen LogP contribution in [0.2, 0.25) is 0 Å². The van der Waals surface area contributed by atoms with Gasteiger partial charge >= 0.3 is 0 Å². The Balaban J connectivity index is 1.34. The Morgan fingerprint density at radius 1 is 1.06 bits per heavy atom. The molecule has 0 unspecified atom stereocenters. The standard InChI is InChI=1S/C23H24F2N8/c24-15-3-4-19(25)17(12-15)21-2-1-10-31(21)22-7-11-32-23(28-22)18(13-27-32)20-14-33(30-29-20)16-5-8-26-9-6-16/h3-4,7,11-14,16,21,26H,1-2,5-6,8-10H2/t21-/m1/s1. The third-order valence-corrected chi connectivity index (χ3v) is 6.69. The van der Waals surface area contributed by atoms with E-state index in [0.29, 0.717) is 23.1 Å². The smallest absolute Gasteiger partial charge is 0.166 e. The summed E-state index contributed by atoms with van der Waals surface area (Å²) in [5, 5.41) is 16.5. The van der Waals surface area contributed by atoms with Gasteiger partial charge in [-0.1, -0.05) is 5.21 Å². The number of halogens is 2. The van der Waals surface area contributed by atoms with Gasteiger partial charge in [0, 0.05) is 18.3 Å². The third-order valence-electron chi connectivity index (χ3n) is 6.69. The van der Waals surface area contributed by atoms with Crippen LogP contribution >= 0.6 is 0 Å². The number of hydrogen-bond donors (Lipinski definition) is 1. The van der Waals surface area contributed by atoms with Crippen molar-refractivity contribution in [2.24, 2.45) is 0 Å². The van der Waals surface area contributed by atoms with Crippen LogP contribution in [-0.2, 0) is 0 Å². The third kappa shape index (κ3) is 3.64. The lowest BCUT2D eigenvalue weighted by atomic mass is 10.0. The largest absolute Gasteiger partial charge is 0.349 e. The monoisotopic (exact) mass is 450 g/mol. The molecule has 2 aliphatic rings. The SMILES string of the molecule is Fc1ccc(F)c([C@H]2CCCN2c2ccn3ncc(-c4cn(C5CCNCC5)nn4)c3n2)c1. The molecule has 5 heterocycles. The fraction of sp³-hybridized carbons (Fsp3) is 0.391. The van der Waals surface area contributed by atoms with Gasteiger partial charge in [-0.15, -0.1) is 5.10 Å². The van der Waals surface area contributed by atoms with E-state index in [1.807, 2.05) is 28.0 Å². The van der Waals surface area contributed by atoms with E-state index in [4.69, 9.17) is 4.98 Å². The second kappa shape index (κ2) is 8.18. The summed E-state index contributed by atoms with van der Waals surface area (Å²) in [6.45, 7) is 2.67. The van der Waals surface area contributed by atoms with Crippen molar-refractivity contribution in [3.8, 4) is 11.3 Å². The van der Waals surface area contributed by atoms with Crippen LogP contribution in [-0.4, -0.2) is 49.2 Å². The summed E-state index contributed by atoms with van der Waals surface area (Å²) >= 11 is 0. The predicted molar refractivity (Wildman–Crippen MR) is 119 cm³/mol. The highest BCUT2D eigenvalue weighted by molar-refractivity contribution is 5.74. The van der Waals surface area contributed by atoms with E-state index in [1.165, 1.54) is 12.1 Å². The molecular weight excluding hydrogens is 426 g/mol. The molecule has 10 heteroatoms. The number of nitrogens with one attached hydrogen (secondary N) is 1. The molecular formula is C23H24F2N8. The Morgan fingerprint density at radius 3 is 2.82 bits per heavy atom. The molecule has 0 aliphatic carbocycles. The van der Waals surface area contributed by atoms with Gasteiger partial charge in [-0.2, -0.15) is 5.10 Å². The number of rotatable bonds is 4. The normalized spacial score (nSPS) is 19.6. The summed E-state index contributed by atoms with van der Waals surface area (Å²) in [5.74, 6) is -0.119. The van der Waals surface area contributed by atoms with Crippen LogP contribution in [0.5, 0.6) is 0 Å². The molecule has 1 aromatic carbocycles. The summed E-state index contributed by atoms with van der Waals surface area (Å²) < 4.78 is 32.0. The minimum absolute atomic E-state index is 0.261. The van der Waals surface area contributed by atoms with Gasteiger partial charge in [0.2, 0.25) is 0 Å². The van der Waals surface area contributed by atoms with E-state index < -0.39 is 11.6 Å². The molecule has 1 N–H and O–H groups in total. The number of hydrogen-bond acceptors (Lipinski definition) is 6. The van der Waals surface area contributed by atoms with Gasteiger partial charge in [0.05, 0.1) is 30.0 Å². The minimum atomic E-state index is -0.434. The van der Waals surface area contributed by atoms with Crippen LogP contribution < -0.4 is 10.2 Å². The molecule has 3 aromatic heterocycles. The summed E-state index contributed by atoms with van der Waals surface area (Å²) in [7, 11) is 0. The molecule has 1 atom stereocenters. The fourth-order valence-electron chi connectivity index (χ4n) is 4.98. The molecule has 0 saturated carbocycles. The van der Waals surface area contributed by atoms with E-state index in [1.54, 1.807) is 10.7 Å². The highest BCUT2D eigenvalue weighted by Crippen LogP contribution is 2.37. The van der Waals surface area contributed by atoms with E-state index in [9.17, 15) is 8.78 Å². The van der Waals surface area contributed by atoms with E-state index in [0.717, 1.165) is 62.6 Å². The van der Waals surface area contributed by atoms with Crippen LogP contribution in [0.25, 0.3) is 16.9 Å². The zero-order chi connectivity index (χ0) is 22.4. The van der Waals surface area contributed by atoms with Crippen molar-refractivity contribution in [1.29, 1.82) is 0 Å². The molecule has 4 aromatic rings. The number of anilines is 1. The summed E-state index contributed by atoms with van der Waals surface area (Å²) in [6, 6.07) is 5.58. The van der Waals surface area contributed by atoms with Crippen LogP contribution in [0.1, 0.15) is 43.3 Å². The topological polar surface area (TPSA) is 76.2 Å². The zero-order valence-electron chi connectivity index (χ0n) is 18.0. The lowest BCUT2D eigenvalue weighted by Crippen LogP contribution is -2.29. The minimum Gasteiger partial charge on any atom is -0.349 e. The molecule has 2 aliphatic heterocycles. The molecule has 170 valence electrons. The molecule has 0 spiro atoms. The molecule has 0 radical (unpaired) electrons. The van der Waals surface area contributed by atoms with E-state index >= 15 is 0 Å². The lowest BCUT2D eigenvalue weighted by molar-refractivity contribution is 0.337. The van der Waals surface area contributed by atoms with Crippen LogP contribution in [0.4, 0.5) is 14.6 Å². The molecule has 8 nitrogen and oxygen atoms in total. The van der Waals surface area contributed by atoms with Crippen LogP contribution in [0.3, 0.4) is 0 Å². The second-order valence-corrected chi connectivity index (χ2v) is 8.69. The number of aromatic nitrogens is 6. The molecule has 2 fully saturated rings. The highest BCUT2D eigenvalue weighted by atomic mass is 19.1. The van der Waals surface area contributed by atoms with Crippen molar-refractivity contribution in [2.75, 3.05) is 24.5 Å². The van der Waals surface area contributed by atoms with Crippen molar-refractivity contribution in [1.82, 2.24) is 34.9 Å². The van der Waals surface area contributed by atoms with Crippen LogP contribution in [0, 0.1) is 11.6 Å². The fourth-order valence-corrected chi connectivity index (χ4v) is 4.98. The Morgan fingerprint density at radius 2 is 1.94 bits per heavy atom. The van der Waals surface area contributed by atoms with Crippen molar-refractivity contribution >= 4 is 11.5 Å². The Labute approximate surface area is 189 Å². The Bertz CT molecular complexity index is 1290. The van der Waals surface area contributed by atoms with Gasteiger partial charge < -0.3 is 10.2 Å². The molecule has 6 rings (SSSR count). The molecule has 0 bridgehead atoms. The average molecular weight is 450 g/mol. The Kier molecular flexibility index (Phi) is 5.01. The summed E-state index contributed by atoms with van der Waals surface area (Å²) in [4.78, 5) is 6.91. The molecule has 0 amide bonds. The zero-order valence-corrected chi connectivity index (χ0v) is 18.0. The first kappa shape index (κ1) is 20.2.